The summed E-state index contributed by atoms with van der Waals surface area (Å²) in [6, 6.07) is 10.3. The van der Waals surface area contributed by atoms with Crippen LogP contribution in [0.1, 0.15) is 35.1 Å². The third kappa shape index (κ3) is 5.36. The maximum atomic E-state index is 13.1. The van der Waals surface area contributed by atoms with Crippen LogP contribution in [0.3, 0.4) is 0 Å². The van der Waals surface area contributed by atoms with Crippen molar-refractivity contribution in [3.8, 4) is 5.75 Å². The summed E-state index contributed by atoms with van der Waals surface area (Å²) in [5.74, 6) is 0.320. The van der Waals surface area contributed by atoms with Crippen LogP contribution in [0.4, 0.5) is 11.4 Å². The van der Waals surface area contributed by atoms with Crippen molar-refractivity contribution in [2.24, 2.45) is 0 Å². The zero-order chi connectivity index (χ0) is 23.5. The SMILES string of the molecule is COc1ccc(C=Cc2onc(C)c2NC(C)=O)cc1S(=O)(=O)Nc1cc(C)cc(C)c1. The number of ether oxygens (including phenoxy) is 1. The second-order valence-corrected chi connectivity index (χ2v) is 9.06. The second-order valence-electron chi connectivity index (χ2n) is 7.41. The highest BCUT2D eigenvalue weighted by molar-refractivity contribution is 7.92. The zero-order valence-corrected chi connectivity index (χ0v) is 19.3. The Labute approximate surface area is 187 Å². The van der Waals surface area contributed by atoms with E-state index in [0.717, 1.165) is 11.1 Å². The Morgan fingerprint density at radius 2 is 1.75 bits per heavy atom. The van der Waals surface area contributed by atoms with Gasteiger partial charge in [-0.3, -0.25) is 9.52 Å². The first-order valence-corrected chi connectivity index (χ1v) is 11.3. The van der Waals surface area contributed by atoms with Crippen LogP contribution >= 0.6 is 0 Å². The average Bonchev–Trinajstić information content (AvgIpc) is 3.04. The lowest BCUT2D eigenvalue weighted by Gasteiger charge is -2.13. The summed E-state index contributed by atoms with van der Waals surface area (Å²) < 4.78 is 39.4. The molecule has 2 N–H and O–H groups in total. The molecule has 0 spiro atoms. The highest BCUT2D eigenvalue weighted by Crippen LogP contribution is 2.29. The number of carbonyl (C=O) groups is 1. The lowest BCUT2D eigenvalue weighted by atomic mass is 10.1. The molecule has 168 valence electrons. The molecule has 2 aromatic carbocycles. The van der Waals surface area contributed by atoms with Crippen molar-refractivity contribution < 1.29 is 22.5 Å². The maximum Gasteiger partial charge on any atom is 0.265 e. The number of benzene rings is 2. The van der Waals surface area contributed by atoms with Gasteiger partial charge in [0.2, 0.25) is 5.91 Å². The largest absolute Gasteiger partial charge is 0.495 e. The Bertz CT molecular complexity index is 1270. The minimum atomic E-state index is -3.92. The molecule has 1 heterocycles. The molecule has 0 aliphatic heterocycles. The van der Waals surface area contributed by atoms with E-state index in [1.54, 1.807) is 43.3 Å². The van der Waals surface area contributed by atoms with Crippen LogP contribution in [0.25, 0.3) is 12.2 Å². The van der Waals surface area contributed by atoms with Crippen molar-refractivity contribution in [3.63, 3.8) is 0 Å². The van der Waals surface area contributed by atoms with Crippen LogP contribution in [0, 0.1) is 20.8 Å². The molecule has 8 nitrogen and oxygen atoms in total. The number of amides is 1. The standard InChI is InChI=1S/C23H25N3O5S/c1-14-10-15(2)12-19(11-14)26-32(28,29)22-13-18(6-8-20(22)30-5)7-9-21-23(24-17(4)27)16(3)25-31-21/h6-13,26H,1-5H3,(H,24,27). The molecule has 0 saturated carbocycles. The van der Waals surface area contributed by atoms with Gasteiger partial charge in [-0.1, -0.05) is 23.4 Å². The number of hydrogen-bond acceptors (Lipinski definition) is 6. The maximum absolute atomic E-state index is 13.1. The van der Waals surface area contributed by atoms with Crippen LogP contribution in [-0.2, 0) is 14.8 Å². The smallest absolute Gasteiger partial charge is 0.265 e. The Morgan fingerprint density at radius 1 is 1.06 bits per heavy atom. The first kappa shape index (κ1) is 23.1. The van der Waals surface area contributed by atoms with Gasteiger partial charge in [0.05, 0.1) is 7.11 Å². The normalized spacial score (nSPS) is 11.5. The van der Waals surface area contributed by atoms with Crippen LogP contribution in [0.15, 0.2) is 45.8 Å². The predicted octanol–water partition coefficient (Wildman–Crippen LogP) is 4.54. The monoisotopic (exact) mass is 455 g/mol. The fourth-order valence-corrected chi connectivity index (χ4v) is 4.50. The van der Waals surface area contributed by atoms with Gasteiger partial charge < -0.3 is 14.6 Å². The molecule has 1 aromatic heterocycles. The minimum absolute atomic E-state index is 0.00264. The van der Waals surface area contributed by atoms with Crippen molar-refractivity contribution in [3.05, 3.63) is 64.5 Å². The Balaban J connectivity index is 1.95. The van der Waals surface area contributed by atoms with Crippen LogP contribution < -0.4 is 14.8 Å². The lowest BCUT2D eigenvalue weighted by molar-refractivity contribution is -0.114. The van der Waals surface area contributed by atoms with E-state index in [9.17, 15) is 13.2 Å². The molecule has 0 saturated heterocycles. The number of sulfonamides is 1. The fourth-order valence-electron chi connectivity index (χ4n) is 3.25. The molecule has 3 aromatic rings. The third-order valence-corrected chi connectivity index (χ3v) is 5.97. The van der Waals surface area contributed by atoms with E-state index in [-0.39, 0.29) is 16.6 Å². The third-order valence-electron chi connectivity index (χ3n) is 4.57. The molecule has 0 radical (unpaired) electrons. The van der Waals surface area contributed by atoms with Gasteiger partial charge in [-0.25, -0.2) is 8.42 Å². The molecule has 0 fully saturated rings. The summed E-state index contributed by atoms with van der Waals surface area (Å²) in [7, 11) is -2.50. The number of carbonyl (C=O) groups excluding carboxylic acids is 1. The summed E-state index contributed by atoms with van der Waals surface area (Å²) in [5, 5.41) is 6.54. The van der Waals surface area contributed by atoms with E-state index in [1.807, 2.05) is 19.9 Å². The first-order valence-electron chi connectivity index (χ1n) is 9.80. The van der Waals surface area contributed by atoms with Gasteiger partial charge in [-0.15, -0.1) is 0 Å². The number of anilines is 2. The Kier molecular flexibility index (Phi) is 6.69. The average molecular weight is 456 g/mol. The highest BCUT2D eigenvalue weighted by atomic mass is 32.2. The molecule has 0 aliphatic rings. The van der Waals surface area contributed by atoms with E-state index in [2.05, 4.69) is 15.2 Å². The van der Waals surface area contributed by atoms with Crippen LogP contribution in [-0.4, -0.2) is 26.6 Å². The zero-order valence-electron chi connectivity index (χ0n) is 18.5. The van der Waals surface area contributed by atoms with Gasteiger partial charge in [0, 0.05) is 12.6 Å². The molecule has 1 amide bonds. The highest BCUT2D eigenvalue weighted by Gasteiger charge is 2.20. The van der Waals surface area contributed by atoms with Crippen molar-refractivity contribution in [2.45, 2.75) is 32.6 Å². The summed E-state index contributed by atoms with van der Waals surface area (Å²) in [6.07, 6.45) is 3.28. The van der Waals surface area contributed by atoms with Gasteiger partial charge in [0.15, 0.2) is 5.76 Å². The van der Waals surface area contributed by atoms with Gasteiger partial charge in [-0.2, -0.15) is 0 Å². The van der Waals surface area contributed by atoms with E-state index in [0.29, 0.717) is 28.4 Å². The van der Waals surface area contributed by atoms with Gasteiger partial charge in [0.25, 0.3) is 10.0 Å². The summed E-state index contributed by atoms with van der Waals surface area (Å²) in [4.78, 5) is 11.4. The predicted molar refractivity (Wildman–Crippen MR) is 124 cm³/mol. The molecule has 0 bridgehead atoms. The fraction of sp³-hybridized carbons (Fsp3) is 0.217. The molecule has 0 unspecified atom stereocenters. The molecule has 0 atom stereocenters. The molecule has 9 heteroatoms. The van der Waals surface area contributed by atoms with E-state index in [1.165, 1.54) is 20.1 Å². The number of methoxy groups -OCH3 is 1. The quantitative estimate of drug-likeness (QED) is 0.541. The molecular formula is C23H25N3O5S. The topological polar surface area (TPSA) is 111 Å². The molecule has 0 aliphatic carbocycles. The van der Waals surface area contributed by atoms with Gasteiger partial charge in [0.1, 0.15) is 22.0 Å². The first-order chi connectivity index (χ1) is 15.1. The Hall–Kier alpha value is -3.59. The summed E-state index contributed by atoms with van der Waals surface area (Å²) in [6.45, 7) is 6.90. The Morgan fingerprint density at radius 3 is 2.38 bits per heavy atom. The number of nitrogens with one attached hydrogen (secondary N) is 2. The number of rotatable bonds is 7. The van der Waals surface area contributed by atoms with Gasteiger partial charge >= 0.3 is 0 Å². The number of hydrogen-bond donors (Lipinski definition) is 2. The van der Waals surface area contributed by atoms with E-state index in [4.69, 9.17) is 9.26 Å². The van der Waals surface area contributed by atoms with E-state index >= 15 is 0 Å². The van der Waals surface area contributed by atoms with Crippen molar-refractivity contribution in [2.75, 3.05) is 17.1 Å². The molecule has 32 heavy (non-hydrogen) atoms. The minimum Gasteiger partial charge on any atom is -0.495 e. The van der Waals surface area contributed by atoms with Crippen molar-refractivity contribution >= 4 is 39.5 Å². The number of nitrogens with zero attached hydrogens (tertiary/aromatic N) is 1. The van der Waals surface area contributed by atoms with Crippen LogP contribution in [0.5, 0.6) is 5.75 Å². The van der Waals surface area contributed by atoms with Crippen molar-refractivity contribution in [1.29, 1.82) is 0 Å². The lowest BCUT2D eigenvalue weighted by Crippen LogP contribution is -2.14. The molecule has 3 rings (SSSR count). The van der Waals surface area contributed by atoms with E-state index < -0.39 is 10.0 Å². The second kappa shape index (κ2) is 9.27. The summed E-state index contributed by atoms with van der Waals surface area (Å²) >= 11 is 0. The van der Waals surface area contributed by atoms with Crippen LogP contribution in [0.2, 0.25) is 0 Å². The summed E-state index contributed by atoms with van der Waals surface area (Å²) in [5.41, 5.74) is 3.96. The van der Waals surface area contributed by atoms with Gasteiger partial charge in [-0.05, 0) is 67.8 Å². The molecular weight excluding hydrogens is 430 g/mol. The van der Waals surface area contributed by atoms with Crippen molar-refractivity contribution in [1.82, 2.24) is 5.16 Å². The number of aryl methyl sites for hydroxylation is 3. The number of aromatic nitrogens is 1.